The second-order valence-corrected chi connectivity index (χ2v) is 7.50. The van der Waals surface area contributed by atoms with Gasteiger partial charge in [0.1, 0.15) is 5.82 Å². The topological polar surface area (TPSA) is 98.7 Å². The van der Waals surface area contributed by atoms with Gasteiger partial charge in [0.2, 0.25) is 0 Å². The summed E-state index contributed by atoms with van der Waals surface area (Å²) in [5, 5.41) is 11.1. The first kappa shape index (κ1) is 19.1. The molecule has 5 rings (SSSR count). The predicted molar refractivity (Wildman–Crippen MR) is 109 cm³/mol. The summed E-state index contributed by atoms with van der Waals surface area (Å²) in [6.07, 6.45) is 5.36. The molecule has 1 aliphatic carbocycles. The highest BCUT2D eigenvalue weighted by Crippen LogP contribution is 2.38. The lowest BCUT2D eigenvalue weighted by atomic mass is 10.2. The maximum absolute atomic E-state index is 13.0. The molecule has 0 atom stereocenters. The number of halogens is 1. The Labute approximate surface area is 177 Å². The molecule has 0 saturated heterocycles. The second-order valence-electron chi connectivity index (χ2n) is 7.50. The van der Waals surface area contributed by atoms with Gasteiger partial charge in [-0.3, -0.25) is 4.79 Å². The van der Waals surface area contributed by atoms with Crippen molar-refractivity contribution in [2.24, 2.45) is 0 Å². The Morgan fingerprint density at radius 1 is 1.19 bits per heavy atom. The van der Waals surface area contributed by atoms with E-state index in [0.29, 0.717) is 35.4 Å². The van der Waals surface area contributed by atoms with Crippen LogP contribution in [0.25, 0.3) is 17.3 Å². The van der Waals surface area contributed by atoms with E-state index in [2.05, 4.69) is 25.5 Å². The summed E-state index contributed by atoms with van der Waals surface area (Å²) < 4.78 is 19.9. The molecule has 31 heavy (non-hydrogen) atoms. The fraction of sp³-hybridized carbons (Fsp3) is 0.227. The number of hydrogen-bond acceptors (Lipinski definition) is 6. The highest BCUT2D eigenvalue weighted by Gasteiger charge is 2.29. The van der Waals surface area contributed by atoms with Gasteiger partial charge in [0.15, 0.2) is 11.6 Å². The van der Waals surface area contributed by atoms with Crippen LogP contribution in [0.2, 0.25) is 0 Å². The maximum Gasteiger partial charge on any atom is 0.259 e. The molecular weight excluding hydrogens is 399 g/mol. The number of amides is 1. The molecule has 9 heteroatoms. The molecule has 0 unspecified atom stereocenters. The van der Waals surface area contributed by atoms with Crippen LogP contribution >= 0.6 is 0 Å². The number of pyridine rings is 1. The molecule has 0 radical (unpaired) electrons. The van der Waals surface area contributed by atoms with Gasteiger partial charge < -0.3 is 9.84 Å². The minimum Gasteiger partial charge on any atom is -0.348 e. The van der Waals surface area contributed by atoms with Crippen molar-refractivity contribution < 1.29 is 13.7 Å². The third kappa shape index (κ3) is 3.94. The van der Waals surface area contributed by atoms with Crippen LogP contribution in [0.1, 0.15) is 46.2 Å². The molecule has 0 aliphatic heterocycles. The first-order valence-electron chi connectivity index (χ1n) is 9.96. The number of aromatic nitrogens is 5. The van der Waals surface area contributed by atoms with Crippen molar-refractivity contribution in [3.05, 3.63) is 77.3 Å². The van der Waals surface area contributed by atoms with Gasteiger partial charge in [0, 0.05) is 18.7 Å². The summed E-state index contributed by atoms with van der Waals surface area (Å²) in [5.41, 5.74) is 2.64. The third-order valence-electron chi connectivity index (χ3n) is 5.22. The highest BCUT2D eigenvalue weighted by atomic mass is 19.1. The molecule has 0 spiro atoms. The maximum atomic E-state index is 13.0. The lowest BCUT2D eigenvalue weighted by Crippen LogP contribution is -2.23. The number of carbonyl (C=O) groups is 1. The lowest BCUT2D eigenvalue weighted by molar-refractivity contribution is 0.0950. The molecule has 3 aromatic heterocycles. The standard InChI is InChI=1S/C22H19FN6O2/c1-13-18(21(30)25-10-14-2-7-17(23)8-3-14)12-26-29(13)19-9-6-16(11-24-19)22-27-20(28-31-22)15-4-5-15/h2-3,6-9,11-12,15H,4-5,10H2,1H3,(H,25,30). The van der Waals surface area contributed by atoms with Gasteiger partial charge in [-0.1, -0.05) is 17.3 Å². The molecular formula is C22H19FN6O2. The molecule has 0 bridgehead atoms. The molecule has 1 saturated carbocycles. The van der Waals surface area contributed by atoms with E-state index in [1.807, 2.05) is 6.07 Å². The van der Waals surface area contributed by atoms with Crippen molar-refractivity contribution >= 4 is 5.91 Å². The SMILES string of the molecule is Cc1c(C(=O)NCc2ccc(F)cc2)cnn1-c1ccc(-c2nc(C3CC3)no2)cn1. The number of rotatable bonds is 6. The zero-order chi connectivity index (χ0) is 21.4. The largest absolute Gasteiger partial charge is 0.348 e. The summed E-state index contributed by atoms with van der Waals surface area (Å²) in [6.45, 7) is 2.10. The summed E-state index contributed by atoms with van der Waals surface area (Å²) in [7, 11) is 0. The predicted octanol–water partition coefficient (Wildman–Crippen LogP) is 3.57. The fourth-order valence-electron chi connectivity index (χ4n) is 3.24. The molecule has 1 aromatic carbocycles. The smallest absolute Gasteiger partial charge is 0.259 e. The Morgan fingerprint density at radius 3 is 2.71 bits per heavy atom. The van der Waals surface area contributed by atoms with E-state index in [1.54, 1.807) is 36.0 Å². The van der Waals surface area contributed by atoms with E-state index in [0.717, 1.165) is 29.8 Å². The van der Waals surface area contributed by atoms with Crippen molar-refractivity contribution in [2.75, 3.05) is 0 Å². The quantitative estimate of drug-likeness (QED) is 0.514. The molecule has 4 aromatic rings. The molecule has 8 nitrogen and oxygen atoms in total. The third-order valence-corrected chi connectivity index (χ3v) is 5.22. The van der Waals surface area contributed by atoms with Crippen molar-refractivity contribution in [1.82, 2.24) is 30.2 Å². The van der Waals surface area contributed by atoms with Crippen molar-refractivity contribution in [2.45, 2.75) is 32.2 Å². The van der Waals surface area contributed by atoms with Gasteiger partial charge in [-0.15, -0.1) is 0 Å². The Balaban J connectivity index is 1.29. The number of carbonyl (C=O) groups excluding carboxylic acids is 1. The zero-order valence-electron chi connectivity index (χ0n) is 16.7. The van der Waals surface area contributed by atoms with Gasteiger partial charge in [0.25, 0.3) is 11.8 Å². The van der Waals surface area contributed by atoms with Crippen LogP contribution in [0.4, 0.5) is 4.39 Å². The van der Waals surface area contributed by atoms with Crippen LogP contribution in [0.3, 0.4) is 0 Å². The summed E-state index contributed by atoms with van der Waals surface area (Å²) in [6, 6.07) is 9.61. The average molecular weight is 418 g/mol. The van der Waals surface area contributed by atoms with Gasteiger partial charge in [-0.05, 0) is 49.6 Å². The van der Waals surface area contributed by atoms with Gasteiger partial charge in [0.05, 0.1) is 23.0 Å². The average Bonchev–Trinajstić information content (AvgIpc) is 3.39. The number of benzene rings is 1. The Hall–Kier alpha value is -3.88. The monoisotopic (exact) mass is 418 g/mol. The summed E-state index contributed by atoms with van der Waals surface area (Å²) in [5.74, 6) is 1.61. The summed E-state index contributed by atoms with van der Waals surface area (Å²) in [4.78, 5) is 21.4. The van der Waals surface area contributed by atoms with Gasteiger partial charge in [-0.2, -0.15) is 10.1 Å². The van der Waals surface area contributed by atoms with Crippen molar-refractivity contribution in [1.29, 1.82) is 0 Å². The number of nitrogens with zero attached hydrogens (tertiary/aromatic N) is 5. The van der Waals surface area contributed by atoms with Crippen LogP contribution in [0.5, 0.6) is 0 Å². The van der Waals surface area contributed by atoms with Crippen LogP contribution < -0.4 is 5.32 Å². The Kier molecular flexibility index (Phi) is 4.78. The van der Waals surface area contributed by atoms with Crippen LogP contribution in [0.15, 0.2) is 53.3 Å². The van der Waals surface area contributed by atoms with Crippen molar-refractivity contribution in [3.8, 4) is 17.3 Å². The van der Waals surface area contributed by atoms with Crippen LogP contribution in [0, 0.1) is 12.7 Å². The normalized spacial score (nSPS) is 13.4. The van der Waals surface area contributed by atoms with Crippen molar-refractivity contribution in [3.63, 3.8) is 0 Å². The zero-order valence-corrected chi connectivity index (χ0v) is 16.7. The van der Waals surface area contributed by atoms with E-state index >= 15 is 0 Å². The van der Waals surface area contributed by atoms with E-state index < -0.39 is 0 Å². The summed E-state index contributed by atoms with van der Waals surface area (Å²) >= 11 is 0. The first-order valence-corrected chi connectivity index (χ1v) is 9.96. The van der Waals surface area contributed by atoms with E-state index in [9.17, 15) is 9.18 Å². The fourth-order valence-corrected chi connectivity index (χ4v) is 3.24. The number of hydrogen-bond donors (Lipinski definition) is 1. The van der Waals surface area contributed by atoms with Gasteiger partial charge >= 0.3 is 0 Å². The van der Waals surface area contributed by atoms with Crippen LogP contribution in [-0.4, -0.2) is 30.8 Å². The molecule has 156 valence electrons. The Bertz CT molecular complexity index is 1230. The Morgan fingerprint density at radius 2 is 2.00 bits per heavy atom. The molecule has 1 N–H and O–H groups in total. The van der Waals surface area contributed by atoms with Gasteiger partial charge in [-0.25, -0.2) is 14.1 Å². The molecule has 3 heterocycles. The van der Waals surface area contributed by atoms with E-state index in [4.69, 9.17) is 4.52 Å². The highest BCUT2D eigenvalue weighted by molar-refractivity contribution is 5.95. The first-order chi connectivity index (χ1) is 15.1. The minimum absolute atomic E-state index is 0.261. The lowest BCUT2D eigenvalue weighted by Gasteiger charge is -2.07. The van der Waals surface area contributed by atoms with E-state index in [1.165, 1.54) is 18.3 Å². The molecule has 1 aliphatic rings. The minimum atomic E-state index is -0.312. The van der Waals surface area contributed by atoms with Crippen LogP contribution in [-0.2, 0) is 6.54 Å². The molecule has 1 fully saturated rings. The number of nitrogens with one attached hydrogen (secondary N) is 1. The molecule has 1 amide bonds. The second kappa shape index (κ2) is 7.75. The van der Waals surface area contributed by atoms with E-state index in [-0.39, 0.29) is 11.7 Å².